The van der Waals surface area contributed by atoms with Crippen LogP contribution in [0.5, 0.6) is 0 Å². The van der Waals surface area contributed by atoms with Crippen molar-refractivity contribution in [1.29, 1.82) is 0 Å². The molecule has 0 saturated heterocycles. The molecule has 1 aliphatic carbocycles. The van der Waals surface area contributed by atoms with Gasteiger partial charge < -0.3 is 5.32 Å². The lowest BCUT2D eigenvalue weighted by Gasteiger charge is -2.09. The minimum atomic E-state index is 0.463. The molecule has 2 rings (SSSR count). The van der Waals surface area contributed by atoms with E-state index in [9.17, 15) is 0 Å². The van der Waals surface area contributed by atoms with E-state index in [1.165, 1.54) is 24.1 Å². The third-order valence-electron chi connectivity index (χ3n) is 2.79. The Kier molecular flexibility index (Phi) is 2.59. The highest BCUT2D eigenvalue weighted by Crippen LogP contribution is 2.20. The predicted octanol–water partition coefficient (Wildman–Crippen LogP) is 2.02. The summed E-state index contributed by atoms with van der Waals surface area (Å²) in [7, 11) is 0. The molecule has 3 nitrogen and oxygen atoms in total. The molecule has 14 heavy (non-hydrogen) atoms. The minimum Gasteiger partial charge on any atom is -0.310 e. The van der Waals surface area contributed by atoms with Crippen molar-refractivity contribution in [3.8, 4) is 0 Å². The lowest BCUT2D eigenvalue weighted by molar-refractivity contribution is 0.517. The Bertz CT molecular complexity index is 310. The van der Waals surface area contributed by atoms with Crippen LogP contribution in [-0.2, 0) is 6.54 Å². The maximum Gasteiger partial charge on any atom is 0.0537 e. The lowest BCUT2D eigenvalue weighted by atomic mass is 10.2. The highest BCUT2D eigenvalue weighted by molar-refractivity contribution is 5.16. The third kappa shape index (κ3) is 1.98. The quantitative estimate of drug-likeness (QED) is 0.793. The number of nitrogens with one attached hydrogen (secondary N) is 1. The van der Waals surface area contributed by atoms with E-state index in [4.69, 9.17) is 0 Å². The molecule has 1 aromatic heterocycles. The Morgan fingerprint density at radius 3 is 2.79 bits per heavy atom. The molecule has 0 bridgehead atoms. The number of hydrogen-bond donors (Lipinski definition) is 1. The molecule has 3 heteroatoms. The van der Waals surface area contributed by atoms with Crippen molar-refractivity contribution in [2.75, 3.05) is 0 Å². The first-order valence-electron chi connectivity index (χ1n) is 5.45. The van der Waals surface area contributed by atoms with Crippen molar-refractivity contribution in [3.63, 3.8) is 0 Å². The van der Waals surface area contributed by atoms with E-state index < -0.39 is 0 Å². The maximum absolute atomic E-state index is 4.39. The lowest BCUT2D eigenvalue weighted by Crippen LogP contribution is -2.16. The van der Waals surface area contributed by atoms with Gasteiger partial charge in [0.1, 0.15) is 0 Å². The van der Waals surface area contributed by atoms with Gasteiger partial charge in [0.2, 0.25) is 0 Å². The van der Waals surface area contributed by atoms with Crippen molar-refractivity contribution in [3.05, 3.63) is 17.5 Å². The van der Waals surface area contributed by atoms with Gasteiger partial charge in [-0.1, -0.05) is 0 Å². The Hall–Kier alpha value is -0.830. The van der Waals surface area contributed by atoms with Crippen LogP contribution >= 0.6 is 0 Å². The Morgan fingerprint density at radius 1 is 1.57 bits per heavy atom. The molecule has 0 spiro atoms. The molecule has 1 saturated carbocycles. The largest absolute Gasteiger partial charge is 0.310 e. The molecular weight excluding hydrogens is 174 g/mol. The number of nitrogens with zero attached hydrogens (tertiary/aromatic N) is 2. The molecule has 1 aromatic rings. The van der Waals surface area contributed by atoms with Crippen LogP contribution in [-0.4, -0.2) is 15.8 Å². The monoisotopic (exact) mass is 193 g/mol. The fourth-order valence-electron chi connectivity index (χ4n) is 1.69. The van der Waals surface area contributed by atoms with Crippen molar-refractivity contribution in [1.82, 2.24) is 15.1 Å². The van der Waals surface area contributed by atoms with Crippen molar-refractivity contribution >= 4 is 0 Å². The molecule has 0 aromatic carbocycles. The van der Waals surface area contributed by atoms with Crippen LogP contribution in [0.25, 0.3) is 0 Å². The average Bonchev–Trinajstić information content (AvgIpc) is 2.87. The number of rotatable bonds is 4. The van der Waals surface area contributed by atoms with Gasteiger partial charge in [-0.3, -0.25) is 4.68 Å². The van der Waals surface area contributed by atoms with Gasteiger partial charge in [0, 0.05) is 29.9 Å². The first kappa shape index (κ1) is 9.71. The minimum absolute atomic E-state index is 0.463. The van der Waals surface area contributed by atoms with Gasteiger partial charge in [0.25, 0.3) is 0 Å². The molecule has 1 N–H and O–H groups in total. The SMILES string of the molecule is Cc1c(CNC2CC2)cnn1C(C)C. The molecule has 78 valence electrons. The number of hydrogen-bond acceptors (Lipinski definition) is 2. The first-order valence-corrected chi connectivity index (χ1v) is 5.45. The molecule has 1 heterocycles. The normalized spacial score (nSPS) is 16.6. The van der Waals surface area contributed by atoms with Crippen molar-refractivity contribution in [2.45, 2.75) is 52.2 Å². The molecule has 1 aliphatic rings. The van der Waals surface area contributed by atoms with Crippen LogP contribution in [0, 0.1) is 6.92 Å². The fraction of sp³-hybridized carbons (Fsp3) is 0.727. The van der Waals surface area contributed by atoms with Crippen LogP contribution in [0.4, 0.5) is 0 Å². The standard InChI is InChI=1S/C11H19N3/c1-8(2)14-9(3)10(7-13-14)6-12-11-4-5-11/h7-8,11-12H,4-6H2,1-3H3. The number of aromatic nitrogens is 2. The summed E-state index contributed by atoms with van der Waals surface area (Å²) in [5.41, 5.74) is 2.64. The van der Waals surface area contributed by atoms with E-state index in [1.807, 2.05) is 6.20 Å². The van der Waals surface area contributed by atoms with Gasteiger partial charge in [0.05, 0.1) is 6.20 Å². The summed E-state index contributed by atoms with van der Waals surface area (Å²) in [4.78, 5) is 0. The molecule has 0 radical (unpaired) electrons. The second kappa shape index (κ2) is 3.73. The summed E-state index contributed by atoms with van der Waals surface area (Å²) in [6.07, 6.45) is 4.68. The zero-order valence-electron chi connectivity index (χ0n) is 9.25. The average molecular weight is 193 g/mol. The van der Waals surface area contributed by atoms with Crippen LogP contribution < -0.4 is 5.32 Å². The zero-order valence-corrected chi connectivity index (χ0v) is 9.25. The predicted molar refractivity (Wildman–Crippen MR) is 57.2 cm³/mol. The summed E-state index contributed by atoms with van der Waals surface area (Å²) >= 11 is 0. The van der Waals surface area contributed by atoms with Gasteiger partial charge in [-0.2, -0.15) is 5.10 Å². The van der Waals surface area contributed by atoms with E-state index >= 15 is 0 Å². The van der Waals surface area contributed by atoms with E-state index in [2.05, 4.69) is 35.9 Å². The highest BCUT2D eigenvalue weighted by Gasteiger charge is 2.20. The van der Waals surface area contributed by atoms with Crippen LogP contribution in [0.2, 0.25) is 0 Å². The Labute approximate surface area is 85.5 Å². The van der Waals surface area contributed by atoms with E-state index in [0.29, 0.717) is 6.04 Å². The highest BCUT2D eigenvalue weighted by atomic mass is 15.3. The van der Waals surface area contributed by atoms with Gasteiger partial charge in [0.15, 0.2) is 0 Å². The second-order valence-corrected chi connectivity index (χ2v) is 4.45. The second-order valence-electron chi connectivity index (χ2n) is 4.45. The molecule has 0 aliphatic heterocycles. The van der Waals surface area contributed by atoms with Crippen LogP contribution in [0.1, 0.15) is 44.0 Å². The van der Waals surface area contributed by atoms with Crippen molar-refractivity contribution < 1.29 is 0 Å². The Balaban J connectivity index is 2.01. The topological polar surface area (TPSA) is 29.9 Å². The molecule has 0 atom stereocenters. The van der Waals surface area contributed by atoms with Gasteiger partial charge in [-0.15, -0.1) is 0 Å². The summed E-state index contributed by atoms with van der Waals surface area (Å²) in [5.74, 6) is 0. The first-order chi connectivity index (χ1) is 6.68. The van der Waals surface area contributed by atoms with Gasteiger partial charge in [-0.25, -0.2) is 0 Å². The van der Waals surface area contributed by atoms with Crippen LogP contribution in [0.15, 0.2) is 6.20 Å². The zero-order chi connectivity index (χ0) is 10.1. The van der Waals surface area contributed by atoms with Gasteiger partial charge >= 0.3 is 0 Å². The smallest absolute Gasteiger partial charge is 0.0537 e. The maximum atomic E-state index is 4.39. The van der Waals surface area contributed by atoms with Crippen molar-refractivity contribution in [2.24, 2.45) is 0 Å². The summed E-state index contributed by atoms with van der Waals surface area (Å²) in [6, 6.07) is 1.24. The van der Waals surface area contributed by atoms with E-state index in [0.717, 1.165) is 12.6 Å². The molecule has 0 amide bonds. The molecule has 0 unspecified atom stereocenters. The summed E-state index contributed by atoms with van der Waals surface area (Å²) in [5, 5.41) is 7.90. The van der Waals surface area contributed by atoms with E-state index in [-0.39, 0.29) is 0 Å². The molecular formula is C11H19N3. The van der Waals surface area contributed by atoms with Crippen LogP contribution in [0.3, 0.4) is 0 Å². The fourth-order valence-corrected chi connectivity index (χ4v) is 1.69. The molecule has 1 fully saturated rings. The summed E-state index contributed by atoms with van der Waals surface area (Å²) in [6.45, 7) is 7.45. The van der Waals surface area contributed by atoms with Gasteiger partial charge in [-0.05, 0) is 33.6 Å². The van der Waals surface area contributed by atoms with E-state index in [1.54, 1.807) is 0 Å². The third-order valence-corrected chi connectivity index (χ3v) is 2.79. The summed E-state index contributed by atoms with van der Waals surface area (Å²) < 4.78 is 2.09. The Morgan fingerprint density at radius 2 is 2.29 bits per heavy atom.